The van der Waals surface area contributed by atoms with Gasteiger partial charge in [0.2, 0.25) is 5.95 Å². The van der Waals surface area contributed by atoms with Gasteiger partial charge in [-0.2, -0.15) is 0 Å². The van der Waals surface area contributed by atoms with Gasteiger partial charge in [-0.05, 0) is 19.4 Å². The second-order valence-electron chi connectivity index (χ2n) is 3.04. The first-order chi connectivity index (χ1) is 6.22. The summed E-state index contributed by atoms with van der Waals surface area (Å²) >= 11 is 0. The highest BCUT2D eigenvalue weighted by Crippen LogP contribution is 2.02. The van der Waals surface area contributed by atoms with Gasteiger partial charge in [0.1, 0.15) is 0 Å². The van der Waals surface area contributed by atoms with Gasteiger partial charge >= 0.3 is 0 Å². The standard InChI is InChI=1S/C10H13N3/c1-4-5-9(3)13-10-11-6-8(2)7-12-10/h1,6-7,9H,5H2,2-3H3,(H,11,12,13). The zero-order valence-electron chi connectivity index (χ0n) is 7.91. The monoisotopic (exact) mass is 175 g/mol. The van der Waals surface area contributed by atoms with Crippen LogP contribution in [0.5, 0.6) is 0 Å². The summed E-state index contributed by atoms with van der Waals surface area (Å²) in [6, 6.07) is 0.215. The Hall–Kier alpha value is -1.56. The van der Waals surface area contributed by atoms with Gasteiger partial charge in [0, 0.05) is 24.9 Å². The summed E-state index contributed by atoms with van der Waals surface area (Å²) in [7, 11) is 0. The molecule has 1 unspecified atom stereocenters. The third kappa shape index (κ3) is 3.12. The molecule has 3 heteroatoms. The van der Waals surface area contributed by atoms with Crippen LogP contribution < -0.4 is 5.32 Å². The Morgan fingerprint density at radius 3 is 2.69 bits per heavy atom. The molecule has 1 rings (SSSR count). The van der Waals surface area contributed by atoms with Crippen molar-refractivity contribution in [3.63, 3.8) is 0 Å². The fourth-order valence-corrected chi connectivity index (χ4v) is 0.915. The first-order valence-corrected chi connectivity index (χ1v) is 4.21. The quantitative estimate of drug-likeness (QED) is 0.709. The second-order valence-corrected chi connectivity index (χ2v) is 3.04. The van der Waals surface area contributed by atoms with E-state index in [2.05, 4.69) is 21.2 Å². The van der Waals surface area contributed by atoms with Gasteiger partial charge < -0.3 is 5.32 Å². The summed E-state index contributed by atoms with van der Waals surface area (Å²) in [5.74, 6) is 3.21. The molecule has 1 aromatic heterocycles. The number of nitrogens with one attached hydrogen (secondary N) is 1. The average Bonchev–Trinajstić information content (AvgIpc) is 2.09. The lowest BCUT2D eigenvalue weighted by atomic mass is 10.2. The first kappa shape index (κ1) is 9.53. The van der Waals surface area contributed by atoms with Crippen LogP contribution in [-0.4, -0.2) is 16.0 Å². The Morgan fingerprint density at radius 2 is 2.15 bits per heavy atom. The van der Waals surface area contributed by atoms with Crippen LogP contribution in [0.15, 0.2) is 12.4 Å². The molecule has 0 radical (unpaired) electrons. The van der Waals surface area contributed by atoms with Crippen molar-refractivity contribution in [2.45, 2.75) is 26.3 Å². The Kier molecular flexibility index (Phi) is 3.27. The Morgan fingerprint density at radius 1 is 1.54 bits per heavy atom. The van der Waals surface area contributed by atoms with Crippen LogP contribution >= 0.6 is 0 Å². The third-order valence-corrected chi connectivity index (χ3v) is 1.58. The van der Waals surface area contributed by atoms with Gasteiger partial charge in [-0.15, -0.1) is 12.3 Å². The smallest absolute Gasteiger partial charge is 0.222 e. The van der Waals surface area contributed by atoms with Gasteiger partial charge in [0.05, 0.1) is 0 Å². The molecule has 0 saturated carbocycles. The minimum Gasteiger partial charge on any atom is -0.351 e. The topological polar surface area (TPSA) is 37.8 Å². The number of terminal acetylenes is 1. The van der Waals surface area contributed by atoms with Crippen molar-refractivity contribution < 1.29 is 0 Å². The predicted octanol–water partition coefficient (Wildman–Crippen LogP) is 1.61. The van der Waals surface area contributed by atoms with E-state index < -0.39 is 0 Å². The Balaban J connectivity index is 2.55. The van der Waals surface area contributed by atoms with Crippen molar-refractivity contribution in [2.75, 3.05) is 5.32 Å². The van der Waals surface area contributed by atoms with Crippen LogP contribution in [0.1, 0.15) is 18.9 Å². The molecule has 0 aliphatic heterocycles. The number of nitrogens with zero attached hydrogens (tertiary/aromatic N) is 2. The minimum absolute atomic E-state index is 0.215. The molecule has 68 valence electrons. The van der Waals surface area contributed by atoms with Gasteiger partial charge in [0.15, 0.2) is 0 Å². The fourth-order valence-electron chi connectivity index (χ4n) is 0.915. The summed E-state index contributed by atoms with van der Waals surface area (Å²) < 4.78 is 0. The molecule has 0 aliphatic carbocycles. The highest BCUT2D eigenvalue weighted by Gasteiger charge is 2.00. The van der Waals surface area contributed by atoms with Crippen LogP contribution in [-0.2, 0) is 0 Å². The molecule has 0 saturated heterocycles. The molecular formula is C10H13N3. The third-order valence-electron chi connectivity index (χ3n) is 1.58. The molecule has 1 N–H and O–H groups in total. The lowest BCUT2D eigenvalue weighted by molar-refractivity contribution is 0.811. The van der Waals surface area contributed by atoms with Crippen LogP contribution in [0.2, 0.25) is 0 Å². The largest absolute Gasteiger partial charge is 0.351 e. The van der Waals surface area contributed by atoms with E-state index in [1.54, 1.807) is 12.4 Å². The van der Waals surface area contributed by atoms with Crippen molar-refractivity contribution >= 4 is 5.95 Å². The fraction of sp³-hybridized carbons (Fsp3) is 0.400. The van der Waals surface area contributed by atoms with Crippen LogP contribution in [0.4, 0.5) is 5.95 Å². The number of aromatic nitrogens is 2. The maximum atomic E-state index is 5.18. The zero-order valence-corrected chi connectivity index (χ0v) is 7.91. The van der Waals surface area contributed by atoms with Crippen molar-refractivity contribution in [1.29, 1.82) is 0 Å². The van der Waals surface area contributed by atoms with E-state index >= 15 is 0 Å². The number of anilines is 1. The zero-order chi connectivity index (χ0) is 9.68. The Labute approximate surface area is 78.6 Å². The van der Waals surface area contributed by atoms with Gasteiger partial charge in [-0.25, -0.2) is 9.97 Å². The van der Waals surface area contributed by atoms with E-state index in [0.29, 0.717) is 12.4 Å². The maximum Gasteiger partial charge on any atom is 0.222 e. The van der Waals surface area contributed by atoms with Crippen molar-refractivity contribution in [2.24, 2.45) is 0 Å². The molecule has 1 aromatic rings. The molecule has 3 nitrogen and oxygen atoms in total. The van der Waals surface area contributed by atoms with Gasteiger partial charge in [-0.3, -0.25) is 0 Å². The van der Waals surface area contributed by atoms with E-state index in [9.17, 15) is 0 Å². The van der Waals surface area contributed by atoms with Crippen LogP contribution in [0.3, 0.4) is 0 Å². The van der Waals surface area contributed by atoms with Gasteiger partial charge in [-0.1, -0.05) is 0 Å². The number of rotatable bonds is 3. The molecule has 0 aliphatic rings. The summed E-state index contributed by atoms with van der Waals surface area (Å²) in [6.45, 7) is 3.96. The number of aryl methyl sites for hydroxylation is 1. The van der Waals surface area contributed by atoms with E-state index in [4.69, 9.17) is 6.42 Å². The normalized spacial score (nSPS) is 11.8. The molecule has 0 spiro atoms. The molecule has 0 aromatic carbocycles. The van der Waals surface area contributed by atoms with Crippen molar-refractivity contribution in [3.05, 3.63) is 18.0 Å². The van der Waals surface area contributed by atoms with Crippen molar-refractivity contribution in [3.8, 4) is 12.3 Å². The van der Waals surface area contributed by atoms with E-state index in [1.165, 1.54) is 0 Å². The minimum atomic E-state index is 0.215. The summed E-state index contributed by atoms with van der Waals surface area (Å²) in [6.07, 6.45) is 9.41. The molecule has 1 atom stereocenters. The lowest BCUT2D eigenvalue weighted by Crippen LogP contribution is -2.16. The van der Waals surface area contributed by atoms with Crippen LogP contribution in [0, 0.1) is 19.3 Å². The number of hydrogen-bond acceptors (Lipinski definition) is 3. The summed E-state index contributed by atoms with van der Waals surface area (Å²) in [4.78, 5) is 8.22. The summed E-state index contributed by atoms with van der Waals surface area (Å²) in [5, 5.41) is 3.11. The first-order valence-electron chi connectivity index (χ1n) is 4.21. The highest BCUT2D eigenvalue weighted by atomic mass is 15.1. The highest BCUT2D eigenvalue weighted by molar-refractivity contribution is 5.26. The lowest BCUT2D eigenvalue weighted by Gasteiger charge is -2.09. The molecule has 1 heterocycles. The van der Waals surface area contributed by atoms with E-state index in [-0.39, 0.29) is 6.04 Å². The molecule has 0 bridgehead atoms. The molecular weight excluding hydrogens is 162 g/mol. The average molecular weight is 175 g/mol. The van der Waals surface area contributed by atoms with Crippen molar-refractivity contribution in [1.82, 2.24) is 9.97 Å². The summed E-state index contributed by atoms with van der Waals surface area (Å²) in [5.41, 5.74) is 1.05. The predicted molar refractivity (Wildman–Crippen MR) is 53.3 cm³/mol. The maximum absolute atomic E-state index is 5.18. The molecule has 13 heavy (non-hydrogen) atoms. The van der Waals surface area contributed by atoms with Gasteiger partial charge in [0.25, 0.3) is 0 Å². The van der Waals surface area contributed by atoms with E-state index in [1.807, 2.05) is 13.8 Å². The number of hydrogen-bond donors (Lipinski definition) is 1. The van der Waals surface area contributed by atoms with Crippen LogP contribution in [0.25, 0.3) is 0 Å². The van der Waals surface area contributed by atoms with E-state index in [0.717, 1.165) is 5.56 Å². The second kappa shape index (κ2) is 4.46. The molecule has 0 amide bonds. The SMILES string of the molecule is C#CCC(C)Nc1ncc(C)cn1. The Bertz CT molecular complexity index is 297. The molecule has 0 fully saturated rings.